The monoisotopic (exact) mass is 368 g/mol. The third-order valence-electron chi connectivity index (χ3n) is 3.27. The molecule has 2 aromatic rings. The van der Waals surface area contributed by atoms with Crippen LogP contribution in [-0.2, 0) is 9.84 Å². The minimum absolute atomic E-state index is 0.0391. The van der Waals surface area contributed by atoms with E-state index < -0.39 is 20.7 Å². The first kappa shape index (κ1) is 17.9. The van der Waals surface area contributed by atoms with Gasteiger partial charge in [-0.2, -0.15) is 0 Å². The second kappa shape index (κ2) is 6.58. The Labute approximate surface area is 143 Å². The van der Waals surface area contributed by atoms with Crippen molar-refractivity contribution in [2.75, 3.05) is 11.6 Å². The van der Waals surface area contributed by atoms with Crippen LogP contribution in [0.4, 0.5) is 11.4 Å². The topological polar surface area (TPSA) is 106 Å². The Morgan fingerprint density at radius 1 is 1.21 bits per heavy atom. The van der Waals surface area contributed by atoms with Crippen molar-refractivity contribution in [1.82, 2.24) is 0 Å². The second-order valence-corrected chi connectivity index (χ2v) is 7.55. The third kappa shape index (κ3) is 3.90. The van der Waals surface area contributed by atoms with Crippen molar-refractivity contribution in [2.45, 2.75) is 11.8 Å². The largest absolute Gasteiger partial charge is 0.322 e. The summed E-state index contributed by atoms with van der Waals surface area (Å²) in [6, 6.07) is 8.00. The standard InChI is InChI=1S/C15H13ClN2O5S/c1-9-3-4-10(7-14(9)18(20)21)17-15(19)12-8-11(24(2,22)23)5-6-13(12)16/h3-8H,1-2H3,(H,17,19). The lowest BCUT2D eigenvalue weighted by Crippen LogP contribution is -2.13. The minimum Gasteiger partial charge on any atom is -0.322 e. The fourth-order valence-electron chi connectivity index (χ4n) is 1.99. The third-order valence-corrected chi connectivity index (χ3v) is 4.71. The van der Waals surface area contributed by atoms with Crippen LogP contribution >= 0.6 is 11.6 Å². The number of carbonyl (C=O) groups is 1. The molecule has 9 heteroatoms. The van der Waals surface area contributed by atoms with Gasteiger partial charge < -0.3 is 5.32 Å². The van der Waals surface area contributed by atoms with Crippen LogP contribution in [0, 0.1) is 17.0 Å². The van der Waals surface area contributed by atoms with Crippen molar-refractivity contribution in [3.05, 3.63) is 62.7 Å². The number of nitrogens with one attached hydrogen (secondary N) is 1. The second-order valence-electron chi connectivity index (χ2n) is 5.13. The molecule has 0 bridgehead atoms. The number of aryl methyl sites for hydroxylation is 1. The fraction of sp³-hybridized carbons (Fsp3) is 0.133. The van der Waals surface area contributed by atoms with Crippen LogP contribution in [0.1, 0.15) is 15.9 Å². The maximum Gasteiger partial charge on any atom is 0.274 e. The molecule has 0 unspecified atom stereocenters. The van der Waals surface area contributed by atoms with Gasteiger partial charge in [0, 0.05) is 23.6 Å². The van der Waals surface area contributed by atoms with Crippen molar-refractivity contribution in [1.29, 1.82) is 0 Å². The van der Waals surface area contributed by atoms with Crippen LogP contribution in [0.5, 0.6) is 0 Å². The number of hydrogen-bond donors (Lipinski definition) is 1. The summed E-state index contributed by atoms with van der Waals surface area (Å²) in [6.45, 7) is 1.58. The maximum absolute atomic E-state index is 12.3. The van der Waals surface area contributed by atoms with Crippen molar-refractivity contribution in [2.24, 2.45) is 0 Å². The van der Waals surface area contributed by atoms with Crippen LogP contribution in [0.15, 0.2) is 41.3 Å². The summed E-state index contributed by atoms with van der Waals surface area (Å²) in [7, 11) is -3.50. The van der Waals surface area contributed by atoms with Crippen LogP contribution in [0.25, 0.3) is 0 Å². The number of benzene rings is 2. The number of sulfone groups is 1. The molecule has 0 aliphatic carbocycles. The first-order chi connectivity index (χ1) is 11.1. The van der Waals surface area contributed by atoms with E-state index in [0.717, 1.165) is 12.3 Å². The molecule has 1 N–H and O–H groups in total. The summed E-state index contributed by atoms with van der Waals surface area (Å²) in [5.74, 6) is -0.663. The van der Waals surface area contributed by atoms with Gasteiger partial charge in [-0.25, -0.2) is 8.42 Å². The Bertz CT molecular complexity index is 941. The van der Waals surface area contributed by atoms with Gasteiger partial charge in [-0.15, -0.1) is 0 Å². The summed E-state index contributed by atoms with van der Waals surface area (Å²) in [6.07, 6.45) is 1.02. The predicted octanol–water partition coefficient (Wildman–Crippen LogP) is 3.21. The van der Waals surface area contributed by atoms with Crippen LogP contribution in [-0.4, -0.2) is 25.5 Å². The lowest BCUT2D eigenvalue weighted by molar-refractivity contribution is -0.385. The van der Waals surface area contributed by atoms with Gasteiger partial charge in [-0.3, -0.25) is 14.9 Å². The molecule has 0 heterocycles. The number of rotatable bonds is 4. The molecule has 0 aliphatic rings. The zero-order chi connectivity index (χ0) is 18.1. The predicted molar refractivity (Wildman–Crippen MR) is 90.3 cm³/mol. The Balaban J connectivity index is 2.37. The summed E-state index contributed by atoms with van der Waals surface area (Å²) in [5, 5.41) is 13.5. The first-order valence-electron chi connectivity index (χ1n) is 6.65. The number of nitro benzene ring substituents is 1. The molecule has 126 valence electrons. The number of carbonyl (C=O) groups excluding carboxylic acids is 1. The molecule has 0 spiro atoms. The van der Waals surface area contributed by atoms with E-state index in [1.54, 1.807) is 6.92 Å². The Hall–Kier alpha value is -2.45. The number of amides is 1. The molecule has 0 saturated heterocycles. The van der Waals surface area contributed by atoms with Crippen LogP contribution in [0.3, 0.4) is 0 Å². The van der Waals surface area contributed by atoms with Crippen molar-refractivity contribution < 1.29 is 18.1 Å². The highest BCUT2D eigenvalue weighted by Gasteiger charge is 2.17. The number of halogens is 1. The van der Waals surface area contributed by atoms with Crippen LogP contribution < -0.4 is 5.32 Å². The molecule has 24 heavy (non-hydrogen) atoms. The van der Waals surface area contributed by atoms with Gasteiger partial charge in [0.25, 0.3) is 11.6 Å². The van der Waals surface area contributed by atoms with Gasteiger partial charge in [0.15, 0.2) is 9.84 Å². The number of nitrogens with zero attached hydrogens (tertiary/aromatic N) is 1. The van der Waals surface area contributed by atoms with Crippen molar-refractivity contribution in [3.8, 4) is 0 Å². The molecule has 7 nitrogen and oxygen atoms in total. The average Bonchev–Trinajstić information content (AvgIpc) is 2.48. The lowest BCUT2D eigenvalue weighted by atomic mass is 10.1. The normalized spacial score (nSPS) is 11.1. The smallest absolute Gasteiger partial charge is 0.274 e. The number of hydrogen-bond acceptors (Lipinski definition) is 5. The minimum atomic E-state index is -3.50. The molecule has 0 radical (unpaired) electrons. The van der Waals surface area contributed by atoms with Gasteiger partial charge in [0.1, 0.15) is 0 Å². The highest BCUT2D eigenvalue weighted by molar-refractivity contribution is 7.90. The summed E-state index contributed by atoms with van der Waals surface area (Å²) >= 11 is 5.95. The van der Waals surface area contributed by atoms with Gasteiger partial charge in [-0.1, -0.05) is 17.7 Å². The molecule has 0 atom stereocenters. The van der Waals surface area contributed by atoms with E-state index >= 15 is 0 Å². The van der Waals surface area contributed by atoms with Gasteiger partial charge in [-0.05, 0) is 31.2 Å². The highest BCUT2D eigenvalue weighted by Crippen LogP contribution is 2.25. The van der Waals surface area contributed by atoms with E-state index in [1.165, 1.54) is 30.3 Å². The molecule has 0 fully saturated rings. The average molecular weight is 369 g/mol. The summed E-state index contributed by atoms with van der Waals surface area (Å²) in [4.78, 5) is 22.7. The maximum atomic E-state index is 12.3. The molecular formula is C15H13ClN2O5S. The molecule has 0 aliphatic heterocycles. The van der Waals surface area contributed by atoms with E-state index in [0.29, 0.717) is 5.56 Å². The van der Waals surface area contributed by atoms with E-state index in [-0.39, 0.29) is 26.9 Å². The summed E-state index contributed by atoms with van der Waals surface area (Å²) in [5.41, 5.74) is 0.486. The van der Waals surface area contributed by atoms with E-state index in [2.05, 4.69) is 5.32 Å². The molecule has 0 aromatic heterocycles. The van der Waals surface area contributed by atoms with Crippen molar-refractivity contribution >= 4 is 38.7 Å². The zero-order valence-electron chi connectivity index (χ0n) is 12.7. The fourth-order valence-corrected chi connectivity index (χ4v) is 2.84. The first-order valence-corrected chi connectivity index (χ1v) is 8.92. The Morgan fingerprint density at radius 2 is 1.88 bits per heavy atom. The molecule has 0 saturated carbocycles. The Kier molecular flexibility index (Phi) is 4.91. The Morgan fingerprint density at radius 3 is 2.46 bits per heavy atom. The zero-order valence-corrected chi connectivity index (χ0v) is 14.3. The van der Waals surface area contributed by atoms with Crippen LogP contribution in [0.2, 0.25) is 5.02 Å². The van der Waals surface area contributed by atoms with E-state index in [4.69, 9.17) is 11.6 Å². The van der Waals surface area contributed by atoms with Gasteiger partial charge in [0.2, 0.25) is 0 Å². The van der Waals surface area contributed by atoms with E-state index in [1.807, 2.05) is 0 Å². The molecular weight excluding hydrogens is 356 g/mol. The van der Waals surface area contributed by atoms with Gasteiger partial charge in [0.05, 0.1) is 20.4 Å². The SMILES string of the molecule is Cc1ccc(NC(=O)c2cc(S(C)(=O)=O)ccc2Cl)cc1[N+](=O)[O-]. The highest BCUT2D eigenvalue weighted by atomic mass is 35.5. The molecule has 2 rings (SSSR count). The lowest BCUT2D eigenvalue weighted by Gasteiger charge is -2.09. The molecule has 2 aromatic carbocycles. The van der Waals surface area contributed by atoms with Gasteiger partial charge >= 0.3 is 0 Å². The van der Waals surface area contributed by atoms with Crippen molar-refractivity contribution in [3.63, 3.8) is 0 Å². The summed E-state index contributed by atoms with van der Waals surface area (Å²) < 4.78 is 23.2. The number of anilines is 1. The quantitative estimate of drug-likeness (QED) is 0.658. The van der Waals surface area contributed by atoms with E-state index in [9.17, 15) is 23.3 Å². The number of nitro groups is 1. The molecule has 1 amide bonds.